The third-order valence-corrected chi connectivity index (χ3v) is 6.85. The smallest absolute Gasteiger partial charge is 0.417 e. The standard InChI is InChI=1S/C28H21ClF3N3O5/c1-39-27(38)17-7-5-16(6-8-17)24-19-10-9-18(25(36)34-11-13-40-14-12-34)15-22(19)35(33-24)26(37)23-20(28(30,31)32)3-2-4-21(23)29/h2-10,15H,11-14H2,1H3. The Morgan fingerprint density at radius 3 is 2.27 bits per heavy atom. The summed E-state index contributed by atoms with van der Waals surface area (Å²) in [5.41, 5.74) is -0.625. The average Bonchev–Trinajstić information content (AvgIpc) is 3.35. The predicted molar refractivity (Wildman–Crippen MR) is 139 cm³/mol. The Hall–Kier alpha value is -4.22. The van der Waals surface area contributed by atoms with Crippen LogP contribution in [0.15, 0.2) is 60.7 Å². The SMILES string of the molecule is COC(=O)c1ccc(-c2nn(C(=O)c3c(Cl)cccc3C(F)(F)F)c3cc(C(=O)N4CCOCC4)ccc23)cc1. The zero-order chi connectivity index (χ0) is 28.6. The molecule has 0 bridgehead atoms. The van der Waals surface area contributed by atoms with Gasteiger partial charge in [-0.1, -0.05) is 29.8 Å². The van der Waals surface area contributed by atoms with E-state index in [-0.39, 0.29) is 28.2 Å². The lowest BCUT2D eigenvalue weighted by Gasteiger charge is -2.26. The van der Waals surface area contributed by atoms with Crippen LogP contribution in [-0.4, -0.2) is 65.9 Å². The van der Waals surface area contributed by atoms with Crippen molar-refractivity contribution in [2.24, 2.45) is 0 Å². The molecule has 0 unspecified atom stereocenters. The Labute approximate surface area is 230 Å². The van der Waals surface area contributed by atoms with Crippen molar-refractivity contribution < 1.29 is 37.0 Å². The van der Waals surface area contributed by atoms with Crippen molar-refractivity contribution in [1.82, 2.24) is 14.7 Å². The molecule has 1 fully saturated rings. The summed E-state index contributed by atoms with van der Waals surface area (Å²) in [6.45, 7) is 1.51. The molecule has 1 amide bonds. The summed E-state index contributed by atoms with van der Waals surface area (Å²) < 4.78 is 52.4. The molecule has 0 aliphatic carbocycles. The van der Waals surface area contributed by atoms with Crippen LogP contribution in [0, 0.1) is 0 Å². The average molecular weight is 572 g/mol. The molecule has 0 N–H and O–H groups in total. The number of carbonyl (C=O) groups is 3. The summed E-state index contributed by atoms with van der Waals surface area (Å²) >= 11 is 6.12. The maximum Gasteiger partial charge on any atom is 0.417 e. The Bertz CT molecular complexity index is 1630. The van der Waals surface area contributed by atoms with Crippen LogP contribution in [0.1, 0.15) is 36.6 Å². The number of fused-ring (bicyclic) bond motifs is 1. The number of ether oxygens (including phenoxy) is 2. The van der Waals surface area contributed by atoms with Gasteiger partial charge in [-0.2, -0.15) is 23.0 Å². The molecule has 8 nitrogen and oxygen atoms in total. The van der Waals surface area contributed by atoms with Crippen molar-refractivity contribution in [2.75, 3.05) is 33.4 Å². The number of carbonyl (C=O) groups excluding carboxylic acids is 3. The largest absolute Gasteiger partial charge is 0.465 e. The minimum absolute atomic E-state index is 0.115. The van der Waals surface area contributed by atoms with Crippen LogP contribution in [0.25, 0.3) is 22.2 Å². The fourth-order valence-corrected chi connectivity index (χ4v) is 4.79. The van der Waals surface area contributed by atoms with Crippen molar-refractivity contribution in [3.8, 4) is 11.3 Å². The summed E-state index contributed by atoms with van der Waals surface area (Å²) in [5.74, 6) is -1.98. The Morgan fingerprint density at radius 2 is 1.62 bits per heavy atom. The number of morpholine rings is 1. The molecule has 12 heteroatoms. The van der Waals surface area contributed by atoms with Gasteiger partial charge in [-0.05, 0) is 42.5 Å². The van der Waals surface area contributed by atoms with Crippen LogP contribution in [-0.2, 0) is 15.7 Å². The zero-order valence-corrected chi connectivity index (χ0v) is 21.8. The number of halogens is 4. The van der Waals surface area contributed by atoms with Crippen LogP contribution in [0.2, 0.25) is 5.02 Å². The van der Waals surface area contributed by atoms with E-state index in [1.807, 2.05) is 0 Å². The van der Waals surface area contributed by atoms with Gasteiger partial charge in [0.2, 0.25) is 0 Å². The molecule has 0 saturated carbocycles. The van der Waals surface area contributed by atoms with E-state index in [4.69, 9.17) is 21.1 Å². The van der Waals surface area contributed by atoms with Gasteiger partial charge < -0.3 is 14.4 Å². The second-order valence-electron chi connectivity index (χ2n) is 8.93. The number of rotatable bonds is 4. The van der Waals surface area contributed by atoms with E-state index in [9.17, 15) is 27.6 Å². The van der Waals surface area contributed by atoms with Gasteiger partial charge in [0.1, 0.15) is 5.69 Å². The van der Waals surface area contributed by atoms with Crippen LogP contribution in [0.3, 0.4) is 0 Å². The van der Waals surface area contributed by atoms with Crippen LogP contribution in [0.5, 0.6) is 0 Å². The van der Waals surface area contributed by atoms with Crippen molar-refractivity contribution in [3.63, 3.8) is 0 Å². The minimum atomic E-state index is -4.86. The molecule has 4 aromatic rings. The van der Waals surface area contributed by atoms with Crippen molar-refractivity contribution >= 4 is 40.3 Å². The fourth-order valence-electron chi connectivity index (χ4n) is 4.53. The first-order chi connectivity index (χ1) is 19.1. The number of alkyl halides is 3. The summed E-state index contributed by atoms with van der Waals surface area (Å²) in [6, 6.07) is 13.8. The number of methoxy groups -OCH3 is 1. The molecule has 1 aliphatic heterocycles. The van der Waals surface area contributed by atoms with Crippen molar-refractivity contribution in [1.29, 1.82) is 0 Å². The molecule has 0 spiro atoms. The molecule has 1 aliphatic rings. The Kier molecular flexibility index (Phi) is 7.35. The summed E-state index contributed by atoms with van der Waals surface area (Å²) in [7, 11) is 1.25. The second kappa shape index (κ2) is 10.7. The lowest BCUT2D eigenvalue weighted by Crippen LogP contribution is -2.40. The van der Waals surface area contributed by atoms with E-state index in [0.29, 0.717) is 37.3 Å². The number of hydrogen-bond donors (Lipinski definition) is 0. The first-order valence-electron chi connectivity index (χ1n) is 12.1. The van der Waals surface area contributed by atoms with Gasteiger partial charge in [-0.15, -0.1) is 0 Å². The molecular weight excluding hydrogens is 551 g/mol. The van der Waals surface area contributed by atoms with Gasteiger partial charge in [-0.25, -0.2) is 4.79 Å². The van der Waals surface area contributed by atoms with Gasteiger partial charge in [0.15, 0.2) is 0 Å². The highest BCUT2D eigenvalue weighted by atomic mass is 35.5. The zero-order valence-electron chi connectivity index (χ0n) is 21.0. The van der Waals surface area contributed by atoms with Crippen LogP contribution in [0.4, 0.5) is 13.2 Å². The highest BCUT2D eigenvalue weighted by Crippen LogP contribution is 2.37. The van der Waals surface area contributed by atoms with E-state index >= 15 is 0 Å². The maximum atomic E-state index is 13.9. The first-order valence-corrected chi connectivity index (χ1v) is 12.5. The third-order valence-electron chi connectivity index (χ3n) is 6.53. The lowest BCUT2D eigenvalue weighted by atomic mass is 10.0. The van der Waals surface area contributed by atoms with Crippen molar-refractivity contribution in [3.05, 3.63) is 87.9 Å². The van der Waals surface area contributed by atoms with Crippen LogP contribution >= 0.6 is 11.6 Å². The van der Waals surface area contributed by atoms with Crippen LogP contribution < -0.4 is 0 Å². The molecule has 0 atom stereocenters. The lowest BCUT2D eigenvalue weighted by molar-refractivity contribution is -0.137. The van der Waals surface area contributed by atoms with Gasteiger partial charge >= 0.3 is 12.1 Å². The number of amides is 1. The van der Waals surface area contributed by atoms with Gasteiger partial charge in [0.05, 0.1) is 47.6 Å². The van der Waals surface area contributed by atoms with E-state index in [2.05, 4.69) is 5.10 Å². The molecule has 0 radical (unpaired) electrons. The van der Waals surface area contributed by atoms with E-state index in [1.54, 1.807) is 29.2 Å². The van der Waals surface area contributed by atoms with Gasteiger partial charge in [0.25, 0.3) is 11.8 Å². The van der Waals surface area contributed by atoms with E-state index in [0.717, 1.165) is 16.8 Å². The molecule has 206 valence electrons. The fraction of sp³-hybridized carbons (Fsp3) is 0.214. The molecule has 3 aromatic carbocycles. The number of aromatic nitrogens is 2. The number of hydrogen-bond acceptors (Lipinski definition) is 6. The molecule has 5 rings (SSSR count). The topological polar surface area (TPSA) is 90.7 Å². The number of esters is 1. The summed E-state index contributed by atoms with van der Waals surface area (Å²) in [5, 5.41) is 4.39. The normalized spacial score (nSPS) is 13.9. The molecule has 40 heavy (non-hydrogen) atoms. The summed E-state index contributed by atoms with van der Waals surface area (Å²) in [4.78, 5) is 40.3. The Morgan fingerprint density at radius 1 is 0.950 bits per heavy atom. The van der Waals surface area contributed by atoms with Gasteiger partial charge in [-0.3, -0.25) is 9.59 Å². The number of nitrogens with zero attached hydrogens (tertiary/aromatic N) is 3. The molecule has 1 aromatic heterocycles. The second-order valence-corrected chi connectivity index (χ2v) is 9.34. The molecular formula is C28H21ClF3N3O5. The number of benzene rings is 3. The van der Waals surface area contributed by atoms with E-state index < -0.39 is 34.2 Å². The highest BCUT2D eigenvalue weighted by Gasteiger charge is 2.37. The van der Waals surface area contributed by atoms with Crippen molar-refractivity contribution in [2.45, 2.75) is 6.18 Å². The molecule has 2 heterocycles. The highest BCUT2D eigenvalue weighted by molar-refractivity contribution is 6.34. The third kappa shape index (κ3) is 5.05. The monoisotopic (exact) mass is 571 g/mol. The quantitative estimate of drug-likeness (QED) is 0.308. The summed E-state index contributed by atoms with van der Waals surface area (Å²) in [6.07, 6.45) is -4.86. The predicted octanol–water partition coefficient (Wildman–Crippen LogP) is 5.32. The first kappa shape index (κ1) is 27.4. The maximum absolute atomic E-state index is 13.9. The van der Waals surface area contributed by atoms with E-state index in [1.165, 1.54) is 31.4 Å². The van der Waals surface area contributed by atoms with Gasteiger partial charge in [0, 0.05) is 29.6 Å². The molecule has 1 saturated heterocycles. The Balaban J connectivity index is 1.69. The minimum Gasteiger partial charge on any atom is -0.465 e.